The number of aryl methyl sites for hydroxylation is 1. The van der Waals surface area contributed by atoms with Crippen molar-refractivity contribution in [2.75, 3.05) is 24.0 Å². The molecule has 3 aromatic carbocycles. The molecule has 0 aromatic heterocycles. The SMILES string of the molecule is CCCCNC(=O)[C@H](C)N(Cc1cccc(Br)c1)C(=O)CN(c1ccc(C)cc1)S(=O)(=O)c1ccc(OCC)cc1. The smallest absolute Gasteiger partial charge is 0.264 e. The predicted molar refractivity (Wildman–Crippen MR) is 165 cm³/mol. The third-order valence-electron chi connectivity index (χ3n) is 6.56. The highest BCUT2D eigenvalue weighted by Gasteiger charge is 2.32. The van der Waals surface area contributed by atoms with Crippen LogP contribution in [0.2, 0.25) is 0 Å². The molecule has 0 bridgehead atoms. The molecule has 41 heavy (non-hydrogen) atoms. The lowest BCUT2D eigenvalue weighted by Crippen LogP contribution is -2.51. The summed E-state index contributed by atoms with van der Waals surface area (Å²) >= 11 is 3.46. The van der Waals surface area contributed by atoms with E-state index in [4.69, 9.17) is 4.74 Å². The maximum atomic E-state index is 14.0. The molecule has 3 aromatic rings. The van der Waals surface area contributed by atoms with Crippen LogP contribution < -0.4 is 14.4 Å². The molecule has 3 rings (SSSR count). The van der Waals surface area contributed by atoms with E-state index in [-0.39, 0.29) is 17.3 Å². The van der Waals surface area contributed by atoms with E-state index in [1.165, 1.54) is 17.0 Å². The van der Waals surface area contributed by atoms with E-state index in [1.807, 2.05) is 45.0 Å². The van der Waals surface area contributed by atoms with Gasteiger partial charge in [-0.05, 0) is 81.3 Å². The molecular formula is C31H38BrN3O5S. The van der Waals surface area contributed by atoms with Gasteiger partial charge >= 0.3 is 0 Å². The minimum absolute atomic E-state index is 0.0261. The highest BCUT2D eigenvalue weighted by atomic mass is 79.9. The number of anilines is 1. The number of carbonyl (C=O) groups is 2. The van der Waals surface area contributed by atoms with Gasteiger partial charge in [0.15, 0.2) is 0 Å². The number of sulfonamides is 1. The monoisotopic (exact) mass is 643 g/mol. The molecule has 0 saturated heterocycles. The van der Waals surface area contributed by atoms with Crippen LogP contribution >= 0.6 is 15.9 Å². The van der Waals surface area contributed by atoms with E-state index in [2.05, 4.69) is 21.2 Å². The second-order valence-electron chi connectivity index (χ2n) is 9.72. The molecule has 0 unspecified atom stereocenters. The third-order valence-corrected chi connectivity index (χ3v) is 8.84. The minimum atomic E-state index is -4.15. The number of amides is 2. The lowest BCUT2D eigenvalue weighted by molar-refractivity contribution is -0.139. The summed E-state index contributed by atoms with van der Waals surface area (Å²) < 4.78 is 35.3. The number of nitrogens with zero attached hydrogens (tertiary/aromatic N) is 2. The van der Waals surface area contributed by atoms with Gasteiger partial charge in [-0.15, -0.1) is 0 Å². The summed E-state index contributed by atoms with van der Waals surface area (Å²) in [6.07, 6.45) is 1.74. The van der Waals surface area contributed by atoms with Crippen LogP contribution in [0.25, 0.3) is 0 Å². The number of hydrogen-bond donors (Lipinski definition) is 1. The third kappa shape index (κ3) is 8.81. The Morgan fingerprint density at radius 1 is 1.00 bits per heavy atom. The molecule has 0 aliphatic carbocycles. The van der Waals surface area contributed by atoms with Crippen molar-refractivity contribution in [1.29, 1.82) is 0 Å². The van der Waals surface area contributed by atoms with Gasteiger partial charge in [0.1, 0.15) is 18.3 Å². The van der Waals surface area contributed by atoms with Crippen molar-refractivity contribution in [2.24, 2.45) is 0 Å². The van der Waals surface area contributed by atoms with Crippen LogP contribution in [0.15, 0.2) is 82.2 Å². The van der Waals surface area contributed by atoms with Crippen LogP contribution in [0, 0.1) is 6.92 Å². The second-order valence-corrected chi connectivity index (χ2v) is 12.5. The van der Waals surface area contributed by atoms with E-state index in [1.54, 1.807) is 43.3 Å². The fraction of sp³-hybridized carbons (Fsp3) is 0.355. The van der Waals surface area contributed by atoms with Crippen LogP contribution in [0.1, 0.15) is 44.7 Å². The van der Waals surface area contributed by atoms with Gasteiger partial charge in [0, 0.05) is 17.6 Å². The van der Waals surface area contributed by atoms with E-state index in [9.17, 15) is 18.0 Å². The normalized spacial score (nSPS) is 11.9. The first kappa shape index (κ1) is 32.1. The largest absolute Gasteiger partial charge is 0.494 e. The van der Waals surface area contributed by atoms with Crippen LogP contribution in [-0.4, -0.2) is 50.9 Å². The van der Waals surface area contributed by atoms with Crippen molar-refractivity contribution in [1.82, 2.24) is 10.2 Å². The number of carbonyl (C=O) groups excluding carboxylic acids is 2. The summed E-state index contributed by atoms with van der Waals surface area (Å²) in [5.41, 5.74) is 2.10. The lowest BCUT2D eigenvalue weighted by atomic mass is 10.1. The lowest BCUT2D eigenvalue weighted by Gasteiger charge is -2.32. The Labute approximate surface area is 251 Å². The Morgan fingerprint density at radius 2 is 1.68 bits per heavy atom. The Bertz CT molecular complexity index is 1410. The minimum Gasteiger partial charge on any atom is -0.494 e. The molecule has 0 heterocycles. The molecule has 0 saturated carbocycles. The van der Waals surface area contributed by atoms with Gasteiger partial charge in [-0.1, -0.05) is 59.1 Å². The Hall–Kier alpha value is -3.37. The number of benzene rings is 3. The summed E-state index contributed by atoms with van der Waals surface area (Å²) in [4.78, 5) is 28.5. The number of ether oxygens (including phenoxy) is 1. The fourth-order valence-corrected chi connectivity index (χ4v) is 6.05. The Balaban J connectivity index is 1.99. The molecule has 1 atom stereocenters. The van der Waals surface area contributed by atoms with Gasteiger partial charge in [0.2, 0.25) is 11.8 Å². The number of hydrogen-bond acceptors (Lipinski definition) is 5. The molecule has 0 aliphatic rings. The van der Waals surface area contributed by atoms with Gasteiger partial charge < -0.3 is 15.0 Å². The molecule has 10 heteroatoms. The summed E-state index contributed by atoms with van der Waals surface area (Å²) in [5, 5.41) is 2.89. The zero-order chi connectivity index (χ0) is 30.0. The van der Waals surface area contributed by atoms with E-state index in [0.29, 0.717) is 24.6 Å². The van der Waals surface area contributed by atoms with Crippen molar-refractivity contribution in [3.8, 4) is 5.75 Å². The van der Waals surface area contributed by atoms with Crippen molar-refractivity contribution >= 4 is 43.5 Å². The molecule has 8 nitrogen and oxygen atoms in total. The van der Waals surface area contributed by atoms with E-state index >= 15 is 0 Å². The van der Waals surface area contributed by atoms with Crippen molar-refractivity contribution in [3.63, 3.8) is 0 Å². The number of halogens is 1. The second kappa shape index (κ2) is 15.0. The molecule has 0 aliphatic heterocycles. The molecule has 0 radical (unpaired) electrons. The first-order valence-corrected chi connectivity index (χ1v) is 15.9. The average Bonchev–Trinajstić information content (AvgIpc) is 2.95. The number of rotatable bonds is 14. The van der Waals surface area contributed by atoms with Crippen molar-refractivity contribution in [3.05, 3.63) is 88.4 Å². The number of nitrogens with one attached hydrogen (secondary N) is 1. The topological polar surface area (TPSA) is 96.0 Å². The number of unbranched alkanes of at least 4 members (excludes halogenated alkanes) is 1. The van der Waals surface area contributed by atoms with Crippen LogP contribution in [0.3, 0.4) is 0 Å². The quantitative estimate of drug-likeness (QED) is 0.228. The highest BCUT2D eigenvalue weighted by molar-refractivity contribution is 9.10. The fourth-order valence-electron chi connectivity index (χ4n) is 4.19. The summed E-state index contributed by atoms with van der Waals surface area (Å²) in [6.45, 7) is 8.04. The van der Waals surface area contributed by atoms with Gasteiger partial charge in [-0.2, -0.15) is 0 Å². The van der Waals surface area contributed by atoms with Crippen LogP contribution in [0.4, 0.5) is 5.69 Å². The van der Waals surface area contributed by atoms with Crippen LogP contribution in [0.5, 0.6) is 5.75 Å². The summed E-state index contributed by atoms with van der Waals surface area (Å²) in [7, 11) is -4.15. The zero-order valence-corrected chi connectivity index (χ0v) is 26.4. The first-order valence-electron chi connectivity index (χ1n) is 13.7. The molecule has 1 N–H and O–H groups in total. The Kier molecular flexibility index (Phi) is 11.8. The molecule has 2 amide bonds. The van der Waals surface area contributed by atoms with E-state index in [0.717, 1.165) is 32.7 Å². The van der Waals surface area contributed by atoms with Gasteiger partial charge in [0.05, 0.1) is 17.2 Å². The molecule has 0 spiro atoms. The standard InChI is InChI=1S/C31H38BrN3O5S/c1-5-7-19-33-31(37)24(4)34(21-25-9-8-10-26(32)20-25)30(36)22-35(27-13-11-23(3)12-14-27)41(38,39)29-17-15-28(16-18-29)40-6-2/h8-18,20,24H,5-7,19,21-22H2,1-4H3,(H,33,37)/t24-/m0/s1. The summed E-state index contributed by atoms with van der Waals surface area (Å²) in [6, 6.07) is 19.7. The van der Waals surface area contributed by atoms with Gasteiger partial charge in [-0.3, -0.25) is 13.9 Å². The maximum Gasteiger partial charge on any atom is 0.264 e. The molecule has 0 fully saturated rings. The van der Waals surface area contributed by atoms with Gasteiger partial charge in [-0.25, -0.2) is 8.42 Å². The summed E-state index contributed by atoms with van der Waals surface area (Å²) in [5.74, 6) is -0.247. The van der Waals surface area contributed by atoms with Gasteiger partial charge in [0.25, 0.3) is 10.0 Å². The Morgan fingerprint density at radius 3 is 2.29 bits per heavy atom. The van der Waals surface area contributed by atoms with Crippen molar-refractivity contribution in [2.45, 2.75) is 58.0 Å². The maximum absolute atomic E-state index is 14.0. The predicted octanol–water partition coefficient (Wildman–Crippen LogP) is 5.69. The first-order chi connectivity index (χ1) is 19.6. The van der Waals surface area contributed by atoms with Crippen LogP contribution in [-0.2, 0) is 26.2 Å². The molecular weight excluding hydrogens is 606 g/mol. The highest BCUT2D eigenvalue weighted by Crippen LogP contribution is 2.26. The average molecular weight is 645 g/mol. The van der Waals surface area contributed by atoms with Crippen molar-refractivity contribution < 1.29 is 22.7 Å². The van der Waals surface area contributed by atoms with E-state index < -0.39 is 28.5 Å². The zero-order valence-electron chi connectivity index (χ0n) is 24.0. The molecule has 220 valence electrons.